The molecule has 3 rings (SSSR count). The lowest BCUT2D eigenvalue weighted by Crippen LogP contribution is -2.34. The normalized spacial score (nSPS) is 23.1. The average Bonchev–Trinajstić information content (AvgIpc) is 2.90. The van der Waals surface area contributed by atoms with Gasteiger partial charge >= 0.3 is 0 Å². The largest absolute Gasteiger partial charge is 0.397 e. The van der Waals surface area contributed by atoms with Crippen molar-refractivity contribution in [3.63, 3.8) is 0 Å². The summed E-state index contributed by atoms with van der Waals surface area (Å²) in [5.74, 6) is 0.650. The van der Waals surface area contributed by atoms with Crippen LogP contribution in [0.15, 0.2) is 12.1 Å². The van der Waals surface area contributed by atoms with Crippen LogP contribution < -0.4 is 10.6 Å². The molecule has 20 heavy (non-hydrogen) atoms. The van der Waals surface area contributed by atoms with Crippen molar-refractivity contribution in [2.45, 2.75) is 19.9 Å². The summed E-state index contributed by atoms with van der Waals surface area (Å²) in [4.78, 5) is 9.30. The number of hydrogen-bond acceptors (Lipinski definition) is 5. The molecular weight excluding hydrogens is 268 g/mol. The van der Waals surface area contributed by atoms with E-state index in [0.717, 1.165) is 35.0 Å². The van der Waals surface area contributed by atoms with Gasteiger partial charge in [-0.05, 0) is 39.1 Å². The summed E-state index contributed by atoms with van der Waals surface area (Å²) in [6.07, 6.45) is 0. The molecule has 0 radical (unpaired) electrons. The Kier molecular flexibility index (Phi) is 3.34. The fourth-order valence-corrected chi connectivity index (χ4v) is 4.04. The van der Waals surface area contributed by atoms with Crippen LogP contribution in [0.2, 0.25) is 0 Å². The lowest BCUT2D eigenvalue weighted by Gasteiger charge is -2.23. The Morgan fingerprint density at radius 3 is 2.75 bits per heavy atom. The quantitative estimate of drug-likeness (QED) is 0.864. The van der Waals surface area contributed by atoms with Crippen LogP contribution in [0.3, 0.4) is 0 Å². The Balaban J connectivity index is 1.96. The molecule has 2 N–H and O–H groups in total. The van der Waals surface area contributed by atoms with Gasteiger partial charge in [0.1, 0.15) is 0 Å². The number of thiazole rings is 1. The van der Waals surface area contributed by atoms with E-state index < -0.39 is 0 Å². The molecule has 2 aromatic rings. The summed E-state index contributed by atoms with van der Waals surface area (Å²) in [5.41, 5.74) is 9.34. The number of hydrogen-bond donors (Lipinski definition) is 1. The highest BCUT2D eigenvalue weighted by atomic mass is 32.1. The number of benzene rings is 1. The molecular formula is C15H22N4S. The van der Waals surface area contributed by atoms with Crippen LogP contribution >= 0.6 is 11.3 Å². The lowest BCUT2D eigenvalue weighted by molar-refractivity contribution is 0.266. The van der Waals surface area contributed by atoms with E-state index in [9.17, 15) is 0 Å². The molecule has 1 fully saturated rings. The molecule has 2 heterocycles. The van der Waals surface area contributed by atoms with E-state index in [4.69, 9.17) is 5.73 Å². The first kappa shape index (κ1) is 13.6. The van der Waals surface area contributed by atoms with E-state index in [1.165, 1.54) is 4.70 Å². The molecule has 2 atom stereocenters. The predicted molar refractivity (Wildman–Crippen MR) is 87.6 cm³/mol. The zero-order valence-corrected chi connectivity index (χ0v) is 13.4. The van der Waals surface area contributed by atoms with Gasteiger partial charge in [-0.3, -0.25) is 0 Å². The number of likely N-dealkylation sites (N-methyl/N-ethyl adjacent to an activating group) is 1. The van der Waals surface area contributed by atoms with Gasteiger partial charge in [0.2, 0.25) is 0 Å². The SMILES string of the molecule is Cc1nc2cc(N3CC(C)C(N(C)C)C3)c(N)cc2s1. The summed E-state index contributed by atoms with van der Waals surface area (Å²) in [6.45, 7) is 6.45. The first-order valence-corrected chi connectivity index (χ1v) is 7.85. The molecule has 2 unspecified atom stereocenters. The third-order valence-corrected chi connectivity index (χ3v) is 5.15. The third kappa shape index (κ3) is 2.25. The van der Waals surface area contributed by atoms with Crippen molar-refractivity contribution in [1.29, 1.82) is 0 Å². The predicted octanol–water partition coefficient (Wildman–Crippen LogP) is 2.57. The summed E-state index contributed by atoms with van der Waals surface area (Å²) in [6, 6.07) is 4.81. The van der Waals surface area contributed by atoms with Gasteiger partial charge in [-0.25, -0.2) is 4.98 Å². The highest BCUT2D eigenvalue weighted by Gasteiger charge is 2.32. The van der Waals surface area contributed by atoms with Crippen molar-refractivity contribution >= 4 is 32.9 Å². The van der Waals surface area contributed by atoms with Crippen molar-refractivity contribution in [2.24, 2.45) is 5.92 Å². The second-order valence-electron chi connectivity index (χ2n) is 6.02. The Hall–Kier alpha value is -1.33. The van der Waals surface area contributed by atoms with Gasteiger partial charge in [0, 0.05) is 19.1 Å². The number of rotatable bonds is 2. The van der Waals surface area contributed by atoms with Gasteiger partial charge in [0.05, 0.1) is 26.6 Å². The molecule has 108 valence electrons. The smallest absolute Gasteiger partial charge is 0.0907 e. The number of aryl methyl sites for hydroxylation is 1. The van der Waals surface area contributed by atoms with Crippen LogP contribution in [0.1, 0.15) is 11.9 Å². The van der Waals surface area contributed by atoms with E-state index in [2.05, 4.69) is 47.9 Å². The minimum Gasteiger partial charge on any atom is -0.397 e. The number of nitrogens with two attached hydrogens (primary N) is 1. The van der Waals surface area contributed by atoms with E-state index in [1.54, 1.807) is 11.3 Å². The van der Waals surface area contributed by atoms with Gasteiger partial charge < -0.3 is 15.5 Å². The first-order valence-electron chi connectivity index (χ1n) is 7.03. The maximum atomic E-state index is 6.27. The molecule has 1 aliphatic heterocycles. The summed E-state index contributed by atoms with van der Waals surface area (Å²) >= 11 is 1.71. The lowest BCUT2D eigenvalue weighted by atomic mass is 10.1. The third-order valence-electron chi connectivity index (χ3n) is 4.22. The van der Waals surface area contributed by atoms with Crippen molar-refractivity contribution in [3.8, 4) is 0 Å². The minimum atomic E-state index is 0.585. The highest BCUT2D eigenvalue weighted by Crippen LogP contribution is 2.35. The van der Waals surface area contributed by atoms with E-state index in [1.807, 2.05) is 6.92 Å². The number of aromatic nitrogens is 1. The summed E-state index contributed by atoms with van der Waals surface area (Å²) in [5, 5.41) is 1.09. The Morgan fingerprint density at radius 1 is 1.35 bits per heavy atom. The standard InChI is InChI=1S/C15H22N4S/c1-9-7-19(8-14(9)18(3)4)13-6-12-15(5-11(13)16)20-10(2)17-12/h5-6,9,14H,7-8,16H2,1-4H3. The minimum absolute atomic E-state index is 0.585. The van der Waals surface area contributed by atoms with Crippen LogP contribution in [0.25, 0.3) is 10.2 Å². The zero-order chi connectivity index (χ0) is 14.4. The second kappa shape index (κ2) is 4.90. The maximum absolute atomic E-state index is 6.27. The second-order valence-corrected chi connectivity index (χ2v) is 7.26. The number of anilines is 2. The van der Waals surface area contributed by atoms with E-state index in [-0.39, 0.29) is 0 Å². The fraction of sp³-hybridized carbons (Fsp3) is 0.533. The molecule has 4 nitrogen and oxygen atoms in total. The molecule has 0 amide bonds. The van der Waals surface area contributed by atoms with Crippen molar-refractivity contribution in [3.05, 3.63) is 17.1 Å². The van der Waals surface area contributed by atoms with E-state index in [0.29, 0.717) is 12.0 Å². The van der Waals surface area contributed by atoms with E-state index >= 15 is 0 Å². The monoisotopic (exact) mass is 290 g/mol. The first-order chi connectivity index (χ1) is 9.45. The van der Waals surface area contributed by atoms with Gasteiger partial charge in [-0.15, -0.1) is 11.3 Å². The number of fused-ring (bicyclic) bond motifs is 1. The van der Waals surface area contributed by atoms with Crippen molar-refractivity contribution in [1.82, 2.24) is 9.88 Å². The molecule has 1 aliphatic rings. The topological polar surface area (TPSA) is 45.4 Å². The fourth-order valence-electron chi connectivity index (χ4n) is 3.19. The summed E-state index contributed by atoms with van der Waals surface area (Å²) < 4.78 is 1.18. The highest BCUT2D eigenvalue weighted by molar-refractivity contribution is 7.18. The van der Waals surface area contributed by atoms with Crippen LogP contribution in [0.4, 0.5) is 11.4 Å². The Labute approximate surface area is 124 Å². The Morgan fingerprint density at radius 2 is 2.10 bits per heavy atom. The maximum Gasteiger partial charge on any atom is 0.0907 e. The van der Waals surface area contributed by atoms with Crippen LogP contribution in [0.5, 0.6) is 0 Å². The van der Waals surface area contributed by atoms with Gasteiger partial charge in [-0.2, -0.15) is 0 Å². The van der Waals surface area contributed by atoms with Crippen molar-refractivity contribution in [2.75, 3.05) is 37.8 Å². The molecule has 0 bridgehead atoms. The van der Waals surface area contributed by atoms with Crippen molar-refractivity contribution < 1.29 is 0 Å². The molecule has 1 aromatic carbocycles. The molecule has 0 saturated carbocycles. The molecule has 0 spiro atoms. The molecule has 1 aromatic heterocycles. The van der Waals surface area contributed by atoms with Crippen LogP contribution in [-0.4, -0.2) is 43.1 Å². The Bertz CT molecular complexity index is 634. The number of nitrogen functional groups attached to an aromatic ring is 1. The van der Waals surface area contributed by atoms with Gasteiger partial charge in [0.25, 0.3) is 0 Å². The van der Waals surface area contributed by atoms with Crippen LogP contribution in [-0.2, 0) is 0 Å². The number of nitrogens with zero attached hydrogens (tertiary/aromatic N) is 3. The van der Waals surface area contributed by atoms with Gasteiger partial charge in [-0.1, -0.05) is 6.92 Å². The molecule has 1 saturated heterocycles. The summed E-state index contributed by atoms with van der Waals surface area (Å²) in [7, 11) is 4.31. The average molecular weight is 290 g/mol. The van der Waals surface area contributed by atoms with Crippen LogP contribution in [0, 0.1) is 12.8 Å². The molecule has 0 aliphatic carbocycles. The zero-order valence-electron chi connectivity index (χ0n) is 12.6. The molecule has 5 heteroatoms. The van der Waals surface area contributed by atoms with Gasteiger partial charge in [0.15, 0.2) is 0 Å².